The normalized spacial score (nSPS) is 10.4. The van der Waals surface area contributed by atoms with Crippen LogP contribution < -0.4 is 5.73 Å². The van der Waals surface area contributed by atoms with Crippen LogP contribution in [0, 0.1) is 0 Å². The number of rotatable bonds is 1. The average Bonchev–Trinajstić information content (AvgIpc) is 2.57. The van der Waals surface area contributed by atoms with E-state index >= 15 is 0 Å². The van der Waals surface area contributed by atoms with Gasteiger partial charge in [-0.2, -0.15) is 0 Å². The summed E-state index contributed by atoms with van der Waals surface area (Å²) in [6, 6.07) is 5.36. The molecular weight excluding hydrogens is 202 g/mol. The molecule has 0 atom stereocenters. The fourth-order valence-electron chi connectivity index (χ4n) is 1.19. The first-order valence-corrected chi connectivity index (χ1v) is 4.34. The Morgan fingerprint density at radius 2 is 2.21 bits per heavy atom. The van der Waals surface area contributed by atoms with Gasteiger partial charge < -0.3 is 5.73 Å². The minimum Gasteiger partial charge on any atom is -0.397 e. The van der Waals surface area contributed by atoms with E-state index in [0.717, 1.165) is 5.56 Å². The van der Waals surface area contributed by atoms with E-state index in [2.05, 4.69) is 15.5 Å². The first-order valence-electron chi connectivity index (χ1n) is 3.97. The van der Waals surface area contributed by atoms with Crippen LogP contribution in [0.4, 0.5) is 5.69 Å². The molecule has 0 radical (unpaired) electrons. The number of nitrogens with two attached hydrogens (primary N) is 1. The second-order valence-electron chi connectivity index (χ2n) is 2.83. The zero-order valence-electron chi connectivity index (χ0n) is 7.48. The van der Waals surface area contributed by atoms with Crippen molar-refractivity contribution in [3.63, 3.8) is 0 Å². The van der Waals surface area contributed by atoms with E-state index in [9.17, 15) is 0 Å². The van der Waals surface area contributed by atoms with Crippen molar-refractivity contribution < 1.29 is 0 Å². The lowest BCUT2D eigenvalue weighted by Gasteiger charge is -2.04. The largest absolute Gasteiger partial charge is 0.397 e. The van der Waals surface area contributed by atoms with Gasteiger partial charge in [-0.05, 0) is 22.6 Å². The number of hydrogen-bond donors (Lipinski definition) is 1. The summed E-state index contributed by atoms with van der Waals surface area (Å²) in [6.45, 7) is 0. The molecule has 1 heterocycles. The molecule has 0 bridgehead atoms. The Balaban J connectivity index is 2.63. The molecule has 1 aromatic heterocycles. The van der Waals surface area contributed by atoms with Crippen LogP contribution in [0.2, 0.25) is 5.02 Å². The van der Waals surface area contributed by atoms with Crippen LogP contribution in [0.3, 0.4) is 0 Å². The lowest BCUT2D eigenvalue weighted by atomic mass is 10.2. The number of aromatic nitrogens is 4. The van der Waals surface area contributed by atoms with Crippen molar-refractivity contribution >= 4 is 17.3 Å². The van der Waals surface area contributed by atoms with Crippen molar-refractivity contribution in [3.05, 3.63) is 23.2 Å². The smallest absolute Gasteiger partial charge is 0.183 e. The number of benzene rings is 1. The monoisotopic (exact) mass is 209 g/mol. The second-order valence-corrected chi connectivity index (χ2v) is 3.23. The fraction of sp³-hybridized carbons (Fsp3) is 0.125. The molecule has 0 aliphatic heterocycles. The summed E-state index contributed by atoms with van der Waals surface area (Å²) < 4.78 is 1.54. The Kier molecular flexibility index (Phi) is 2.09. The van der Waals surface area contributed by atoms with Crippen molar-refractivity contribution in [2.45, 2.75) is 0 Å². The molecular formula is C8H8ClN5. The molecule has 0 saturated carbocycles. The lowest BCUT2D eigenvalue weighted by molar-refractivity contribution is 0.715. The van der Waals surface area contributed by atoms with Gasteiger partial charge in [-0.25, -0.2) is 4.68 Å². The average molecular weight is 210 g/mol. The van der Waals surface area contributed by atoms with Crippen LogP contribution in [0.1, 0.15) is 0 Å². The molecule has 14 heavy (non-hydrogen) atoms. The summed E-state index contributed by atoms with van der Waals surface area (Å²) in [5.41, 5.74) is 7.04. The third-order valence-corrected chi connectivity index (χ3v) is 2.24. The van der Waals surface area contributed by atoms with Crippen molar-refractivity contribution in [1.82, 2.24) is 20.2 Å². The number of anilines is 1. The summed E-state index contributed by atoms with van der Waals surface area (Å²) in [6.07, 6.45) is 0. The minimum atomic E-state index is 0.493. The van der Waals surface area contributed by atoms with Crippen LogP contribution in [0.5, 0.6) is 0 Å². The first kappa shape index (κ1) is 8.96. The van der Waals surface area contributed by atoms with E-state index in [1.54, 1.807) is 17.8 Å². The molecule has 1 aromatic carbocycles. The Hall–Kier alpha value is -1.62. The molecule has 0 saturated heterocycles. The molecule has 0 unspecified atom stereocenters. The van der Waals surface area contributed by atoms with Gasteiger partial charge in [0.15, 0.2) is 5.82 Å². The molecule has 72 valence electrons. The van der Waals surface area contributed by atoms with Gasteiger partial charge in [0.25, 0.3) is 0 Å². The van der Waals surface area contributed by atoms with Gasteiger partial charge in [-0.1, -0.05) is 17.7 Å². The molecule has 2 rings (SSSR count). The third kappa shape index (κ3) is 1.31. The predicted molar refractivity (Wildman–Crippen MR) is 53.7 cm³/mol. The summed E-state index contributed by atoms with van der Waals surface area (Å²) >= 11 is 5.88. The number of tetrazole rings is 1. The molecule has 0 amide bonds. The van der Waals surface area contributed by atoms with Crippen molar-refractivity contribution in [1.29, 1.82) is 0 Å². The molecule has 0 spiro atoms. The van der Waals surface area contributed by atoms with Gasteiger partial charge in [0.2, 0.25) is 0 Å². The number of aryl methyl sites for hydroxylation is 1. The molecule has 5 nitrogen and oxygen atoms in total. The quantitative estimate of drug-likeness (QED) is 0.715. The topological polar surface area (TPSA) is 69.6 Å². The highest BCUT2D eigenvalue weighted by molar-refractivity contribution is 6.33. The van der Waals surface area contributed by atoms with Crippen molar-refractivity contribution in [2.75, 3.05) is 5.73 Å². The van der Waals surface area contributed by atoms with Gasteiger partial charge in [0.1, 0.15) is 0 Å². The molecule has 0 aliphatic rings. The highest BCUT2D eigenvalue weighted by Crippen LogP contribution is 2.29. The van der Waals surface area contributed by atoms with E-state index in [1.807, 2.05) is 12.1 Å². The van der Waals surface area contributed by atoms with Crippen molar-refractivity contribution in [3.8, 4) is 11.4 Å². The highest BCUT2D eigenvalue weighted by atomic mass is 35.5. The first-order chi connectivity index (χ1) is 6.70. The minimum absolute atomic E-state index is 0.493. The van der Waals surface area contributed by atoms with E-state index in [1.165, 1.54) is 0 Å². The Morgan fingerprint density at radius 1 is 1.43 bits per heavy atom. The maximum absolute atomic E-state index is 5.88. The summed E-state index contributed by atoms with van der Waals surface area (Å²) in [4.78, 5) is 0. The van der Waals surface area contributed by atoms with Crippen LogP contribution in [-0.2, 0) is 7.05 Å². The summed E-state index contributed by atoms with van der Waals surface area (Å²) in [7, 11) is 1.75. The zero-order valence-corrected chi connectivity index (χ0v) is 8.23. The van der Waals surface area contributed by atoms with Gasteiger partial charge in [-0.3, -0.25) is 0 Å². The van der Waals surface area contributed by atoms with Gasteiger partial charge in [0, 0.05) is 12.6 Å². The number of hydrogen-bond acceptors (Lipinski definition) is 4. The molecule has 0 aliphatic carbocycles. The fourth-order valence-corrected chi connectivity index (χ4v) is 1.36. The van der Waals surface area contributed by atoms with Crippen LogP contribution in [0.15, 0.2) is 18.2 Å². The SMILES string of the molecule is Cn1nnnc1-c1cccc(Cl)c1N. The van der Waals surface area contributed by atoms with E-state index in [0.29, 0.717) is 16.5 Å². The third-order valence-electron chi connectivity index (χ3n) is 1.91. The second kappa shape index (κ2) is 3.26. The maximum Gasteiger partial charge on any atom is 0.183 e. The maximum atomic E-state index is 5.88. The van der Waals surface area contributed by atoms with Crippen molar-refractivity contribution in [2.24, 2.45) is 7.05 Å². The molecule has 6 heteroatoms. The standard InChI is InChI=1S/C8H8ClN5/c1-14-8(11-12-13-14)5-3-2-4-6(9)7(5)10/h2-4H,10H2,1H3. The number of nitrogens with zero attached hydrogens (tertiary/aromatic N) is 4. The lowest BCUT2D eigenvalue weighted by Crippen LogP contribution is -1.98. The van der Waals surface area contributed by atoms with Gasteiger partial charge >= 0.3 is 0 Å². The predicted octanol–water partition coefficient (Wildman–Crippen LogP) is 1.11. The zero-order chi connectivity index (χ0) is 10.1. The van der Waals surface area contributed by atoms with Crippen LogP contribution >= 0.6 is 11.6 Å². The Morgan fingerprint density at radius 3 is 2.86 bits per heavy atom. The Labute approximate surface area is 85.5 Å². The van der Waals surface area contributed by atoms with E-state index in [-0.39, 0.29) is 0 Å². The molecule has 0 fully saturated rings. The summed E-state index contributed by atoms with van der Waals surface area (Å²) in [5, 5.41) is 11.6. The van der Waals surface area contributed by atoms with Crippen LogP contribution in [0.25, 0.3) is 11.4 Å². The number of para-hydroxylation sites is 1. The van der Waals surface area contributed by atoms with Gasteiger partial charge in [0.05, 0.1) is 10.7 Å². The van der Waals surface area contributed by atoms with Gasteiger partial charge in [-0.15, -0.1) is 5.10 Å². The number of nitrogen functional groups attached to an aromatic ring is 1. The summed E-state index contributed by atoms with van der Waals surface area (Å²) in [5.74, 6) is 0.602. The van der Waals surface area contributed by atoms with E-state index < -0.39 is 0 Å². The Bertz CT molecular complexity index is 465. The highest BCUT2D eigenvalue weighted by Gasteiger charge is 2.10. The molecule has 2 N–H and O–H groups in total. The molecule has 2 aromatic rings. The van der Waals surface area contributed by atoms with Crippen LogP contribution in [-0.4, -0.2) is 20.2 Å². The number of halogens is 1. The van der Waals surface area contributed by atoms with E-state index in [4.69, 9.17) is 17.3 Å².